The van der Waals surface area contributed by atoms with Gasteiger partial charge in [-0.2, -0.15) is 5.10 Å². The van der Waals surface area contributed by atoms with Gasteiger partial charge in [0.1, 0.15) is 4.90 Å². The summed E-state index contributed by atoms with van der Waals surface area (Å²) < 4.78 is 30.3. The number of hydrogen-bond donors (Lipinski definition) is 1. The number of sulfonamides is 1. The van der Waals surface area contributed by atoms with Crippen molar-refractivity contribution in [1.82, 2.24) is 19.3 Å². The molecule has 1 atom stereocenters. The van der Waals surface area contributed by atoms with Crippen LogP contribution in [0, 0.1) is 6.92 Å². The molecule has 0 fully saturated rings. The summed E-state index contributed by atoms with van der Waals surface area (Å²) in [6.07, 6.45) is 4.84. The molecule has 0 radical (unpaired) electrons. The monoisotopic (exact) mass is 344 g/mol. The first kappa shape index (κ1) is 16.6. The summed E-state index contributed by atoms with van der Waals surface area (Å²) in [6.45, 7) is 3.72. The minimum atomic E-state index is -3.74. The number of hydrogen-bond acceptors (Lipinski definition) is 4. The smallest absolute Gasteiger partial charge is 0.236 e. The van der Waals surface area contributed by atoms with Crippen molar-refractivity contribution in [2.24, 2.45) is 0 Å². The molecule has 0 saturated heterocycles. The second-order valence-corrected chi connectivity index (χ2v) is 7.33. The number of fused-ring (bicyclic) bond motifs is 1. The maximum absolute atomic E-state index is 13.0. The van der Waals surface area contributed by atoms with Gasteiger partial charge in [-0.05, 0) is 25.0 Å². The molecule has 1 N–H and O–H groups in total. The van der Waals surface area contributed by atoms with Crippen LogP contribution in [0.2, 0.25) is 0 Å². The minimum Gasteiger partial charge on any atom is -0.236 e. The van der Waals surface area contributed by atoms with Crippen LogP contribution in [-0.4, -0.2) is 23.0 Å². The van der Waals surface area contributed by atoms with Gasteiger partial charge in [0.25, 0.3) is 0 Å². The van der Waals surface area contributed by atoms with Crippen LogP contribution in [0.15, 0.2) is 53.7 Å². The normalized spacial score (nSPS) is 13.2. The van der Waals surface area contributed by atoms with E-state index in [4.69, 9.17) is 0 Å². The molecule has 3 rings (SSSR count). The van der Waals surface area contributed by atoms with Crippen molar-refractivity contribution >= 4 is 15.7 Å². The fraction of sp³-hybridized carbons (Fsp3) is 0.294. The first-order valence-electron chi connectivity index (χ1n) is 7.90. The summed E-state index contributed by atoms with van der Waals surface area (Å²) in [5.74, 6) is 0. The highest BCUT2D eigenvalue weighted by atomic mass is 32.2. The molecule has 0 aliphatic carbocycles. The molecule has 0 bridgehead atoms. The molecule has 7 heteroatoms. The van der Waals surface area contributed by atoms with E-state index in [0.717, 1.165) is 18.4 Å². The van der Waals surface area contributed by atoms with Gasteiger partial charge >= 0.3 is 0 Å². The van der Waals surface area contributed by atoms with E-state index >= 15 is 0 Å². The molecule has 2 heterocycles. The molecular formula is C17H20N4O2S. The third-order valence-electron chi connectivity index (χ3n) is 3.86. The summed E-state index contributed by atoms with van der Waals surface area (Å²) in [4.78, 5) is 4.31. The van der Waals surface area contributed by atoms with Crippen LogP contribution in [0.5, 0.6) is 0 Å². The first-order chi connectivity index (χ1) is 11.5. The van der Waals surface area contributed by atoms with Crippen molar-refractivity contribution in [1.29, 1.82) is 0 Å². The lowest BCUT2D eigenvalue weighted by Gasteiger charge is -2.18. The Kier molecular flexibility index (Phi) is 4.64. The summed E-state index contributed by atoms with van der Waals surface area (Å²) in [6, 6.07) is 11.0. The van der Waals surface area contributed by atoms with Gasteiger partial charge in [0, 0.05) is 18.4 Å². The van der Waals surface area contributed by atoms with Crippen LogP contribution in [-0.2, 0) is 10.0 Å². The van der Waals surface area contributed by atoms with Gasteiger partial charge in [0.05, 0.1) is 5.69 Å². The van der Waals surface area contributed by atoms with Crippen molar-refractivity contribution < 1.29 is 8.42 Å². The quantitative estimate of drug-likeness (QED) is 0.746. The number of aryl methyl sites for hydroxylation is 1. The van der Waals surface area contributed by atoms with E-state index in [1.54, 1.807) is 25.4 Å². The maximum Gasteiger partial charge on any atom is 0.246 e. The molecule has 0 spiro atoms. The van der Waals surface area contributed by atoms with Crippen molar-refractivity contribution in [3.05, 3.63) is 60.0 Å². The fourth-order valence-electron chi connectivity index (χ4n) is 2.80. The Bertz CT molecular complexity index is 936. The Labute approximate surface area is 141 Å². The van der Waals surface area contributed by atoms with Crippen LogP contribution in [0.25, 0.3) is 5.65 Å². The molecule has 3 aromatic rings. The lowest BCUT2D eigenvalue weighted by molar-refractivity contribution is 0.536. The highest BCUT2D eigenvalue weighted by molar-refractivity contribution is 7.89. The van der Waals surface area contributed by atoms with Crippen molar-refractivity contribution in [2.75, 3.05) is 0 Å². The third kappa shape index (κ3) is 3.18. The Balaban J connectivity index is 2.01. The van der Waals surface area contributed by atoms with Gasteiger partial charge in [-0.25, -0.2) is 22.6 Å². The fourth-order valence-corrected chi connectivity index (χ4v) is 4.37. The number of rotatable bonds is 6. The summed E-state index contributed by atoms with van der Waals surface area (Å²) in [5.41, 5.74) is 1.72. The summed E-state index contributed by atoms with van der Waals surface area (Å²) >= 11 is 0. The van der Waals surface area contributed by atoms with E-state index in [9.17, 15) is 8.42 Å². The van der Waals surface area contributed by atoms with Crippen molar-refractivity contribution in [3.8, 4) is 0 Å². The Morgan fingerprint density at radius 2 is 1.96 bits per heavy atom. The average molecular weight is 344 g/mol. The third-order valence-corrected chi connectivity index (χ3v) is 5.47. The van der Waals surface area contributed by atoms with Gasteiger partial charge in [0.15, 0.2) is 5.65 Å². The van der Waals surface area contributed by atoms with Crippen LogP contribution in [0.4, 0.5) is 0 Å². The predicted molar refractivity (Wildman–Crippen MR) is 92.1 cm³/mol. The maximum atomic E-state index is 13.0. The molecule has 0 aliphatic heterocycles. The Morgan fingerprint density at radius 3 is 2.67 bits per heavy atom. The first-order valence-corrected chi connectivity index (χ1v) is 9.38. The summed E-state index contributed by atoms with van der Waals surface area (Å²) in [5, 5.41) is 4.24. The number of aromatic nitrogens is 3. The zero-order chi connectivity index (χ0) is 17.2. The molecule has 0 saturated carbocycles. The Morgan fingerprint density at radius 1 is 1.21 bits per heavy atom. The van der Waals surface area contributed by atoms with Gasteiger partial charge in [-0.1, -0.05) is 43.7 Å². The molecule has 126 valence electrons. The zero-order valence-corrected chi connectivity index (χ0v) is 14.5. The average Bonchev–Trinajstić information content (AvgIpc) is 2.91. The molecule has 0 amide bonds. The van der Waals surface area contributed by atoms with Gasteiger partial charge < -0.3 is 0 Å². The molecular weight excluding hydrogens is 324 g/mol. The van der Waals surface area contributed by atoms with Gasteiger partial charge in [0.2, 0.25) is 10.0 Å². The molecule has 2 aromatic heterocycles. The summed E-state index contributed by atoms with van der Waals surface area (Å²) in [7, 11) is -3.74. The second kappa shape index (κ2) is 6.70. The van der Waals surface area contributed by atoms with Crippen LogP contribution < -0.4 is 4.72 Å². The van der Waals surface area contributed by atoms with E-state index in [1.165, 1.54) is 4.52 Å². The van der Waals surface area contributed by atoms with E-state index in [2.05, 4.69) is 14.8 Å². The largest absolute Gasteiger partial charge is 0.246 e. The molecule has 1 unspecified atom stereocenters. The molecule has 24 heavy (non-hydrogen) atoms. The highest BCUT2D eigenvalue weighted by Gasteiger charge is 2.27. The van der Waals surface area contributed by atoms with Crippen LogP contribution in [0.1, 0.15) is 37.1 Å². The lowest BCUT2D eigenvalue weighted by atomic mass is 10.0. The molecule has 1 aromatic carbocycles. The number of nitrogens with one attached hydrogen (secondary N) is 1. The minimum absolute atomic E-state index is 0.139. The number of benzene rings is 1. The standard InChI is InChI=1S/C17H20N4O2S/c1-3-8-15(14-9-5-4-6-10-14)20-24(22,23)16-13(2)19-21-12-7-11-18-17(16)21/h4-7,9-12,15,20H,3,8H2,1-2H3. The number of nitrogens with zero attached hydrogens (tertiary/aromatic N) is 3. The Hall–Kier alpha value is -2.25. The second-order valence-electron chi connectivity index (χ2n) is 5.68. The predicted octanol–water partition coefficient (Wildman–Crippen LogP) is 2.86. The van der Waals surface area contributed by atoms with Crippen molar-refractivity contribution in [3.63, 3.8) is 0 Å². The van der Waals surface area contributed by atoms with Gasteiger partial charge in [-0.3, -0.25) is 0 Å². The topological polar surface area (TPSA) is 76.4 Å². The van der Waals surface area contributed by atoms with E-state index in [1.807, 2.05) is 37.3 Å². The highest BCUT2D eigenvalue weighted by Crippen LogP contribution is 2.24. The van der Waals surface area contributed by atoms with E-state index in [0.29, 0.717) is 11.3 Å². The van der Waals surface area contributed by atoms with E-state index in [-0.39, 0.29) is 10.9 Å². The van der Waals surface area contributed by atoms with E-state index < -0.39 is 10.0 Å². The van der Waals surface area contributed by atoms with Crippen LogP contribution in [0.3, 0.4) is 0 Å². The van der Waals surface area contributed by atoms with Crippen LogP contribution >= 0.6 is 0 Å². The van der Waals surface area contributed by atoms with Crippen molar-refractivity contribution in [2.45, 2.75) is 37.6 Å². The lowest BCUT2D eigenvalue weighted by Crippen LogP contribution is -2.29. The zero-order valence-electron chi connectivity index (χ0n) is 13.7. The van der Waals surface area contributed by atoms with Gasteiger partial charge in [-0.15, -0.1) is 0 Å². The SMILES string of the molecule is CCCC(NS(=O)(=O)c1c(C)nn2cccnc12)c1ccccc1. The molecule has 0 aliphatic rings. The molecule has 6 nitrogen and oxygen atoms in total.